The monoisotopic (exact) mass is 396 g/mol. The predicted molar refractivity (Wildman–Crippen MR) is 111 cm³/mol. The van der Waals surface area contributed by atoms with Crippen molar-refractivity contribution in [3.05, 3.63) is 0 Å². The fraction of sp³-hybridized carbons (Fsp3) is 0.762. The molecule has 0 aromatic heterocycles. The highest BCUT2D eigenvalue weighted by molar-refractivity contribution is 5.88. The van der Waals surface area contributed by atoms with Crippen LogP contribution in [0.25, 0.3) is 0 Å². The maximum absolute atomic E-state index is 12.4. The molecule has 2 amide bonds. The minimum Gasteiger partial charge on any atom is -0.442 e. The molecule has 0 saturated heterocycles. The summed E-state index contributed by atoms with van der Waals surface area (Å²) in [6.07, 6.45) is 3.58. The van der Waals surface area contributed by atoms with E-state index in [1.165, 1.54) is 12.4 Å². The Bertz CT molecular complexity index is 533. The Balaban J connectivity index is 4.68. The molecular formula is C21H36N2O5. The standard InChI is InChI=1S/C21H36N2O5/c1-9-15(13-22-18(25)27-20(3,4)5)11-17(24)12-16(10-2)14-23-19(26)28-21(6,7)8/h13-16H,9-12H2,1-8H3/t15-,16-/m0/s1. The van der Waals surface area contributed by atoms with Crippen molar-refractivity contribution in [2.75, 3.05) is 0 Å². The molecule has 0 bridgehead atoms. The van der Waals surface area contributed by atoms with Gasteiger partial charge in [-0.3, -0.25) is 4.79 Å². The summed E-state index contributed by atoms with van der Waals surface area (Å²) in [4.78, 5) is 43.3. The Morgan fingerprint density at radius 1 is 0.750 bits per heavy atom. The molecule has 0 unspecified atom stereocenters. The van der Waals surface area contributed by atoms with Crippen LogP contribution in [0.5, 0.6) is 0 Å². The van der Waals surface area contributed by atoms with Gasteiger partial charge in [0.25, 0.3) is 0 Å². The summed E-state index contributed by atoms with van der Waals surface area (Å²) in [6, 6.07) is 0. The molecule has 160 valence electrons. The van der Waals surface area contributed by atoms with E-state index >= 15 is 0 Å². The van der Waals surface area contributed by atoms with E-state index in [0.29, 0.717) is 12.8 Å². The maximum atomic E-state index is 12.4. The summed E-state index contributed by atoms with van der Waals surface area (Å²) < 4.78 is 10.3. The predicted octanol–water partition coefficient (Wildman–Crippen LogP) is 5.40. The number of aliphatic imine (C=N–C) groups is 2. The second-order valence-electron chi connectivity index (χ2n) is 8.80. The molecule has 0 saturated carbocycles. The number of carbonyl (C=O) groups excluding carboxylic acids is 3. The third-order valence-corrected chi connectivity index (χ3v) is 3.60. The van der Waals surface area contributed by atoms with Gasteiger partial charge in [-0.1, -0.05) is 13.8 Å². The van der Waals surface area contributed by atoms with E-state index in [1.54, 1.807) is 41.5 Å². The van der Waals surface area contributed by atoms with E-state index in [2.05, 4.69) is 9.98 Å². The Morgan fingerprint density at radius 2 is 1.07 bits per heavy atom. The number of carbonyl (C=O) groups is 3. The van der Waals surface area contributed by atoms with Gasteiger partial charge in [-0.2, -0.15) is 9.98 Å². The second-order valence-corrected chi connectivity index (χ2v) is 8.80. The van der Waals surface area contributed by atoms with E-state index in [4.69, 9.17) is 9.47 Å². The summed E-state index contributed by atoms with van der Waals surface area (Å²) in [5.74, 6) is -0.245. The van der Waals surface area contributed by atoms with Crippen LogP contribution in [0.1, 0.15) is 81.1 Å². The van der Waals surface area contributed by atoms with Crippen molar-refractivity contribution >= 4 is 30.4 Å². The molecule has 0 N–H and O–H groups in total. The Kier molecular flexibility index (Phi) is 10.9. The molecule has 0 aliphatic heterocycles. The molecule has 0 aliphatic rings. The van der Waals surface area contributed by atoms with Crippen LogP contribution in [-0.2, 0) is 14.3 Å². The lowest BCUT2D eigenvalue weighted by Gasteiger charge is -2.18. The van der Waals surface area contributed by atoms with Crippen molar-refractivity contribution in [2.45, 2.75) is 92.3 Å². The van der Waals surface area contributed by atoms with Gasteiger partial charge in [0.05, 0.1) is 0 Å². The highest BCUT2D eigenvalue weighted by atomic mass is 16.6. The number of hydrogen-bond acceptors (Lipinski definition) is 5. The van der Waals surface area contributed by atoms with Crippen LogP contribution in [0, 0.1) is 11.8 Å². The number of amides is 2. The number of Topliss-reactive ketones (excluding diaryl/α,β-unsaturated/α-hetero) is 1. The molecule has 7 heteroatoms. The molecule has 7 nitrogen and oxygen atoms in total. The van der Waals surface area contributed by atoms with E-state index in [0.717, 1.165) is 0 Å². The van der Waals surface area contributed by atoms with Gasteiger partial charge in [-0.25, -0.2) is 9.59 Å². The molecule has 0 spiro atoms. The van der Waals surface area contributed by atoms with Gasteiger partial charge in [0.2, 0.25) is 0 Å². The van der Waals surface area contributed by atoms with Crippen LogP contribution < -0.4 is 0 Å². The van der Waals surface area contributed by atoms with Crippen LogP contribution in [0.15, 0.2) is 9.98 Å². The zero-order chi connectivity index (χ0) is 22.0. The number of nitrogens with zero attached hydrogens (tertiary/aromatic N) is 2. The molecule has 2 atom stereocenters. The smallest absolute Gasteiger partial charge is 0.433 e. The van der Waals surface area contributed by atoms with Gasteiger partial charge in [-0.05, 0) is 54.4 Å². The van der Waals surface area contributed by atoms with Crippen molar-refractivity contribution in [3.8, 4) is 0 Å². The second kappa shape index (κ2) is 11.7. The summed E-state index contributed by atoms with van der Waals surface area (Å²) in [5.41, 5.74) is -1.21. The fourth-order valence-electron chi connectivity index (χ4n) is 2.18. The third kappa shape index (κ3) is 14.1. The third-order valence-electron chi connectivity index (χ3n) is 3.60. The number of rotatable bonds is 8. The molecule has 0 aromatic rings. The van der Waals surface area contributed by atoms with Gasteiger partial charge >= 0.3 is 12.2 Å². The normalized spacial score (nSPS) is 14.9. The number of ketones is 1. The molecule has 0 aromatic carbocycles. The highest BCUT2D eigenvalue weighted by Crippen LogP contribution is 2.15. The topological polar surface area (TPSA) is 94.4 Å². The van der Waals surface area contributed by atoms with E-state index in [1.807, 2.05) is 13.8 Å². The number of ether oxygens (including phenoxy) is 2. The lowest BCUT2D eigenvalue weighted by molar-refractivity contribution is -0.120. The van der Waals surface area contributed by atoms with Crippen molar-refractivity contribution in [1.29, 1.82) is 0 Å². The Morgan fingerprint density at radius 3 is 1.32 bits per heavy atom. The summed E-state index contributed by atoms with van der Waals surface area (Å²) in [7, 11) is 0. The average molecular weight is 397 g/mol. The van der Waals surface area contributed by atoms with Crippen molar-refractivity contribution < 1.29 is 23.9 Å². The van der Waals surface area contributed by atoms with Gasteiger partial charge in [0, 0.05) is 37.1 Å². The van der Waals surface area contributed by atoms with Gasteiger partial charge < -0.3 is 9.47 Å². The van der Waals surface area contributed by atoms with Crippen molar-refractivity contribution in [1.82, 2.24) is 0 Å². The first-order chi connectivity index (χ1) is 12.8. The number of hydrogen-bond donors (Lipinski definition) is 0. The molecule has 28 heavy (non-hydrogen) atoms. The molecule has 0 radical (unpaired) electrons. The van der Waals surface area contributed by atoms with Gasteiger partial charge in [-0.15, -0.1) is 0 Å². The minimum absolute atomic E-state index is 0.0324. The van der Waals surface area contributed by atoms with Crippen LogP contribution in [0.4, 0.5) is 9.59 Å². The van der Waals surface area contributed by atoms with Gasteiger partial charge in [0.15, 0.2) is 0 Å². The molecule has 0 fully saturated rings. The van der Waals surface area contributed by atoms with Crippen LogP contribution >= 0.6 is 0 Å². The lowest BCUT2D eigenvalue weighted by atomic mass is 9.94. The summed E-state index contributed by atoms with van der Waals surface area (Å²) >= 11 is 0. The average Bonchev–Trinajstić information content (AvgIpc) is 2.51. The first-order valence-corrected chi connectivity index (χ1v) is 9.81. The first kappa shape index (κ1) is 26.0. The first-order valence-electron chi connectivity index (χ1n) is 9.81. The lowest BCUT2D eigenvalue weighted by Crippen LogP contribution is -2.22. The summed E-state index contributed by atoms with van der Waals surface area (Å²) in [5, 5.41) is 0. The largest absolute Gasteiger partial charge is 0.442 e. The van der Waals surface area contributed by atoms with E-state index < -0.39 is 23.4 Å². The molecule has 0 aliphatic carbocycles. The zero-order valence-corrected chi connectivity index (χ0v) is 18.6. The van der Waals surface area contributed by atoms with Crippen LogP contribution in [0.2, 0.25) is 0 Å². The van der Waals surface area contributed by atoms with E-state index in [-0.39, 0.29) is 30.5 Å². The van der Waals surface area contributed by atoms with Gasteiger partial charge in [0.1, 0.15) is 17.0 Å². The SMILES string of the molecule is CC[C@H](C=NC(=O)OC(C)(C)C)CC(=O)C[C@@H](C=NC(=O)OC(C)(C)C)CC. The molecule has 0 rings (SSSR count). The zero-order valence-electron chi connectivity index (χ0n) is 18.6. The quantitative estimate of drug-likeness (QED) is 0.512. The Hall–Kier alpha value is -2.05. The maximum Gasteiger partial charge on any atom is 0.433 e. The van der Waals surface area contributed by atoms with Crippen molar-refractivity contribution in [2.24, 2.45) is 21.8 Å². The minimum atomic E-state index is -0.658. The van der Waals surface area contributed by atoms with E-state index in [9.17, 15) is 14.4 Å². The van der Waals surface area contributed by atoms with Crippen molar-refractivity contribution in [3.63, 3.8) is 0 Å². The summed E-state index contributed by atoms with van der Waals surface area (Å²) in [6.45, 7) is 14.5. The molecular weight excluding hydrogens is 360 g/mol. The molecule has 0 heterocycles. The Labute approximate surface area is 169 Å². The van der Waals surface area contributed by atoms with Crippen LogP contribution in [0.3, 0.4) is 0 Å². The fourth-order valence-corrected chi connectivity index (χ4v) is 2.18. The highest BCUT2D eigenvalue weighted by Gasteiger charge is 2.18. The van der Waals surface area contributed by atoms with Crippen LogP contribution in [-0.4, -0.2) is 41.6 Å².